The highest BCUT2D eigenvalue weighted by atomic mass is 35.5. The normalized spacial score (nSPS) is 15.1. The molecule has 6 nitrogen and oxygen atoms in total. The predicted octanol–water partition coefficient (Wildman–Crippen LogP) is 5.11. The van der Waals surface area contributed by atoms with Gasteiger partial charge >= 0.3 is 6.18 Å². The SMILES string of the molecule is C=CCn1c(-c2ccc(Cl)cc2)nn(CN2CCN(c3ccc(C(F)(F)F)cn3)CC2)c1=S. The first-order valence-corrected chi connectivity index (χ1v) is 11.1. The number of allylic oxidation sites excluding steroid dienone is 1. The molecule has 0 spiro atoms. The number of piperazine rings is 1. The van der Waals surface area contributed by atoms with Gasteiger partial charge in [0.2, 0.25) is 0 Å². The van der Waals surface area contributed by atoms with E-state index in [-0.39, 0.29) is 0 Å². The van der Waals surface area contributed by atoms with Gasteiger partial charge in [0, 0.05) is 49.5 Å². The van der Waals surface area contributed by atoms with E-state index in [4.69, 9.17) is 28.9 Å². The second-order valence-electron chi connectivity index (χ2n) is 7.66. The van der Waals surface area contributed by atoms with Gasteiger partial charge in [0.25, 0.3) is 0 Å². The number of hydrogen-bond donors (Lipinski definition) is 0. The third-order valence-corrected chi connectivity index (χ3v) is 6.13. The number of alkyl halides is 3. The van der Waals surface area contributed by atoms with Crippen LogP contribution in [0.25, 0.3) is 11.4 Å². The van der Waals surface area contributed by atoms with Crippen LogP contribution in [0.4, 0.5) is 19.0 Å². The van der Waals surface area contributed by atoms with E-state index in [9.17, 15) is 13.2 Å². The van der Waals surface area contributed by atoms with Crippen LogP contribution in [0.3, 0.4) is 0 Å². The quantitative estimate of drug-likeness (QED) is 0.352. The first-order valence-electron chi connectivity index (χ1n) is 10.3. The summed E-state index contributed by atoms with van der Waals surface area (Å²) in [6, 6.07) is 9.91. The molecule has 0 N–H and O–H groups in total. The molecule has 0 bridgehead atoms. The minimum absolute atomic E-state index is 0.512. The Morgan fingerprint density at radius 3 is 2.33 bits per heavy atom. The molecular weight excluding hydrogens is 473 g/mol. The van der Waals surface area contributed by atoms with E-state index >= 15 is 0 Å². The van der Waals surface area contributed by atoms with E-state index in [1.165, 1.54) is 6.07 Å². The molecule has 0 amide bonds. The van der Waals surface area contributed by atoms with Crippen LogP contribution in [0.1, 0.15) is 5.56 Å². The van der Waals surface area contributed by atoms with Crippen molar-refractivity contribution in [2.24, 2.45) is 0 Å². The molecule has 33 heavy (non-hydrogen) atoms. The van der Waals surface area contributed by atoms with Crippen LogP contribution in [0, 0.1) is 4.77 Å². The first kappa shape index (κ1) is 23.5. The van der Waals surface area contributed by atoms with Gasteiger partial charge in [-0.15, -0.1) is 6.58 Å². The Labute approximate surface area is 199 Å². The molecule has 1 saturated heterocycles. The standard InChI is InChI=1S/C22H22ClF3N6S/c1-2-9-31-20(16-3-6-18(23)7-4-16)28-32(21(31)33)15-29-10-12-30(13-11-29)19-8-5-17(14-27-19)22(24,25)26/h2-8,14H,1,9-13,15H2. The Hall–Kier alpha value is -2.69. The second kappa shape index (κ2) is 9.66. The van der Waals surface area contributed by atoms with Crippen LogP contribution < -0.4 is 4.90 Å². The zero-order valence-electron chi connectivity index (χ0n) is 17.7. The van der Waals surface area contributed by atoms with Crippen molar-refractivity contribution in [3.8, 4) is 11.4 Å². The van der Waals surface area contributed by atoms with E-state index < -0.39 is 11.7 Å². The third kappa shape index (κ3) is 5.29. The first-order chi connectivity index (χ1) is 15.8. The van der Waals surface area contributed by atoms with Gasteiger partial charge in [0.15, 0.2) is 10.6 Å². The van der Waals surface area contributed by atoms with Gasteiger partial charge in [0.05, 0.1) is 12.2 Å². The van der Waals surface area contributed by atoms with Crippen molar-refractivity contribution in [3.05, 3.63) is 70.6 Å². The van der Waals surface area contributed by atoms with E-state index in [0.29, 0.717) is 55.0 Å². The summed E-state index contributed by atoms with van der Waals surface area (Å²) in [5.74, 6) is 1.28. The molecule has 4 rings (SSSR count). The van der Waals surface area contributed by atoms with Gasteiger partial charge < -0.3 is 4.90 Å². The molecule has 3 aromatic rings. The topological polar surface area (TPSA) is 42.1 Å². The predicted molar refractivity (Wildman–Crippen MR) is 125 cm³/mol. The monoisotopic (exact) mass is 494 g/mol. The van der Waals surface area contributed by atoms with E-state index in [1.807, 2.05) is 33.7 Å². The minimum atomic E-state index is -4.39. The van der Waals surface area contributed by atoms with Gasteiger partial charge in [0.1, 0.15) is 5.82 Å². The highest BCUT2D eigenvalue weighted by Crippen LogP contribution is 2.29. The summed E-state index contributed by atoms with van der Waals surface area (Å²) in [4.78, 5) is 8.18. The van der Waals surface area contributed by atoms with E-state index in [0.717, 1.165) is 23.7 Å². The molecule has 0 unspecified atom stereocenters. The van der Waals surface area contributed by atoms with Crippen molar-refractivity contribution < 1.29 is 13.2 Å². The molecule has 2 aromatic heterocycles. The number of anilines is 1. The maximum atomic E-state index is 12.8. The van der Waals surface area contributed by atoms with E-state index in [1.54, 1.807) is 10.8 Å². The number of hydrogen-bond acceptors (Lipinski definition) is 5. The van der Waals surface area contributed by atoms with Crippen molar-refractivity contribution in [2.45, 2.75) is 19.4 Å². The molecule has 1 fully saturated rings. The Morgan fingerprint density at radius 1 is 1.06 bits per heavy atom. The summed E-state index contributed by atoms with van der Waals surface area (Å²) in [6.07, 6.45) is -1.73. The average molecular weight is 495 g/mol. The molecule has 1 aromatic carbocycles. The number of benzene rings is 1. The van der Waals surface area contributed by atoms with Gasteiger partial charge in [-0.05, 0) is 48.6 Å². The van der Waals surface area contributed by atoms with Gasteiger partial charge in [-0.1, -0.05) is 17.7 Å². The molecular formula is C22H22ClF3N6S. The average Bonchev–Trinajstić information content (AvgIpc) is 3.10. The summed E-state index contributed by atoms with van der Waals surface area (Å²) in [6.45, 7) is 7.55. The molecule has 11 heteroatoms. The van der Waals surface area contributed by atoms with Crippen LogP contribution in [0.2, 0.25) is 5.02 Å². The number of aromatic nitrogens is 4. The van der Waals surface area contributed by atoms with Crippen LogP contribution >= 0.6 is 23.8 Å². The maximum Gasteiger partial charge on any atom is 0.417 e. The smallest absolute Gasteiger partial charge is 0.354 e. The summed E-state index contributed by atoms with van der Waals surface area (Å²) >= 11 is 11.7. The van der Waals surface area contributed by atoms with Crippen molar-refractivity contribution in [1.29, 1.82) is 0 Å². The van der Waals surface area contributed by atoms with Crippen LogP contribution in [0.5, 0.6) is 0 Å². The highest BCUT2D eigenvalue weighted by Gasteiger charge is 2.31. The molecule has 3 heterocycles. The second-order valence-corrected chi connectivity index (χ2v) is 8.46. The minimum Gasteiger partial charge on any atom is -0.354 e. The number of halogens is 4. The highest BCUT2D eigenvalue weighted by molar-refractivity contribution is 7.71. The lowest BCUT2D eigenvalue weighted by Crippen LogP contribution is -2.47. The Balaban J connectivity index is 1.45. The Kier molecular flexibility index (Phi) is 6.87. The van der Waals surface area contributed by atoms with Gasteiger partial charge in [-0.2, -0.15) is 18.3 Å². The van der Waals surface area contributed by atoms with Crippen LogP contribution in [-0.2, 0) is 19.4 Å². The molecule has 0 atom stereocenters. The lowest BCUT2D eigenvalue weighted by atomic mass is 10.2. The Morgan fingerprint density at radius 2 is 1.76 bits per heavy atom. The lowest BCUT2D eigenvalue weighted by molar-refractivity contribution is -0.137. The summed E-state index contributed by atoms with van der Waals surface area (Å²) < 4.78 is 42.6. The summed E-state index contributed by atoms with van der Waals surface area (Å²) in [5, 5.41) is 5.39. The number of pyridine rings is 1. The molecule has 1 aliphatic rings. The fourth-order valence-corrected chi connectivity index (χ4v) is 4.07. The van der Waals surface area contributed by atoms with Crippen molar-refractivity contribution in [1.82, 2.24) is 24.2 Å². The number of rotatable bonds is 6. The van der Waals surface area contributed by atoms with Crippen molar-refractivity contribution in [2.75, 3.05) is 31.1 Å². The van der Waals surface area contributed by atoms with Gasteiger partial charge in [-0.25, -0.2) is 9.67 Å². The van der Waals surface area contributed by atoms with E-state index in [2.05, 4.69) is 16.5 Å². The van der Waals surface area contributed by atoms with Crippen LogP contribution in [0.15, 0.2) is 55.3 Å². The fraction of sp³-hybridized carbons (Fsp3) is 0.318. The molecule has 0 aliphatic carbocycles. The Bertz CT molecular complexity index is 1160. The maximum absolute atomic E-state index is 12.8. The molecule has 0 radical (unpaired) electrons. The van der Waals surface area contributed by atoms with Crippen molar-refractivity contribution in [3.63, 3.8) is 0 Å². The lowest BCUT2D eigenvalue weighted by Gasteiger charge is -2.35. The summed E-state index contributed by atoms with van der Waals surface area (Å²) in [5.41, 5.74) is 0.162. The molecule has 0 saturated carbocycles. The van der Waals surface area contributed by atoms with Crippen LogP contribution in [-0.4, -0.2) is 50.4 Å². The molecule has 1 aliphatic heterocycles. The van der Waals surface area contributed by atoms with Crippen molar-refractivity contribution >= 4 is 29.6 Å². The zero-order chi connectivity index (χ0) is 23.6. The summed E-state index contributed by atoms with van der Waals surface area (Å²) in [7, 11) is 0. The zero-order valence-corrected chi connectivity index (χ0v) is 19.2. The fourth-order valence-electron chi connectivity index (χ4n) is 3.69. The third-order valence-electron chi connectivity index (χ3n) is 5.44. The number of nitrogens with zero attached hydrogens (tertiary/aromatic N) is 6. The molecule has 174 valence electrons. The van der Waals surface area contributed by atoms with Gasteiger partial charge in [-0.3, -0.25) is 9.47 Å². The largest absolute Gasteiger partial charge is 0.417 e.